The van der Waals surface area contributed by atoms with Gasteiger partial charge < -0.3 is 4.52 Å². The van der Waals surface area contributed by atoms with Crippen LogP contribution in [0.1, 0.15) is 11.1 Å². The van der Waals surface area contributed by atoms with E-state index in [9.17, 15) is 9.18 Å². The number of benzene rings is 2. The average Bonchev–Trinajstić information content (AvgIpc) is 3.14. The number of halogens is 1. The van der Waals surface area contributed by atoms with Gasteiger partial charge in [-0.2, -0.15) is 0 Å². The van der Waals surface area contributed by atoms with Crippen molar-refractivity contribution < 1.29 is 13.7 Å². The van der Waals surface area contributed by atoms with Gasteiger partial charge in [-0.05, 0) is 54.4 Å². The van der Waals surface area contributed by atoms with Crippen LogP contribution in [0.2, 0.25) is 0 Å². The van der Waals surface area contributed by atoms with Crippen molar-refractivity contribution in [1.82, 2.24) is 10.1 Å². The number of carbonyl (C=O) groups is 1. The molecule has 4 rings (SSSR count). The average molecular weight is 387 g/mol. The summed E-state index contributed by atoms with van der Waals surface area (Å²) < 4.78 is 18.8. The Kier molecular flexibility index (Phi) is 5.16. The zero-order chi connectivity index (χ0) is 20.2. The lowest BCUT2D eigenvalue weighted by molar-refractivity contribution is -0.115. The molecule has 1 amide bonds. The molecular formula is C23H18FN3O2. The van der Waals surface area contributed by atoms with Gasteiger partial charge in [0.1, 0.15) is 11.5 Å². The fourth-order valence-corrected chi connectivity index (χ4v) is 3.03. The van der Waals surface area contributed by atoms with E-state index < -0.39 is 0 Å². The third kappa shape index (κ3) is 4.21. The molecule has 0 aliphatic heterocycles. The Labute approximate surface area is 167 Å². The summed E-state index contributed by atoms with van der Waals surface area (Å²) >= 11 is 0. The Balaban J connectivity index is 1.67. The Morgan fingerprint density at radius 3 is 2.34 bits per heavy atom. The molecule has 0 saturated heterocycles. The number of hydrogen-bond acceptors (Lipinski definition) is 4. The lowest BCUT2D eigenvalue weighted by atomic mass is 10.0. The summed E-state index contributed by atoms with van der Waals surface area (Å²) in [4.78, 5) is 16.6. The van der Waals surface area contributed by atoms with Gasteiger partial charge in [-0.3, -0.25) is 15.1 Å². The monoisotopic (exact) mass is 387 g/mol. The maximum absolute atomic E-state index is 13.3. The third-order valence-electron chi connectivity index (χ3n) is 4.52. The minimum absolute atomic E-state index is 0.211. The summed E-state index contributed by atoms with van der Waals surface area (Å²) in [6.07, 6.45) is 3.51. The molecule has 0 aliphatic rings. The van der Waals surface area contributed by atoms with E-state index in [1.807, 2.05) is 31.2 Å². The highest BCUT2D eigenvalue weighted by molar-refractivity contribution is 5.97. The van der Waals surface area contributed by atoms with Crippen LogP contribution in [0, 0.1) is 12.7 Å². The molecule has 0 radical (unpaired) electrons. The number of anilines is 1. The highest BCUT2D eigenvalue weighted by atomic mass is 19.1. The SMILES string of the molecule is Cc1ccc(CC(=O)Nc2onc(-c3ccc(F)cc3)c2-c2ccncc2)cc1. The number of carbonyl (C=O) groups excluding carboxylic acids is 1. The maximum atomic E-state index is 13.3. The Morgan fingerprint density at radius 1 is 0.966 bits per heavy atom. The number of nitrogens with zero attached hydrogens (tertiary/aromatic N) is 2. The second-order valence-electron chi connectivity index (χ2n) is 6.69. The molecule has 2 aromatic heterocycles. The normalized spacial score (nSPS) is 10.7. The molecule has 5 nitrogen and oxygen atoms in total. The van der Waals surface area contributed by atoms with Crippen LogP contribution in [0.15, 0.2) is 77.6 Å². The largest absolute Gasteiger partial charge is 0.337 e. The van der Waals surface area contributed by atoms with Crippen molar-refractivity contribution in [3.8, 4) is 22.4 Å². The van der Waals surface area contributed by atoms with Gasteiger partial charge in [0.25, 0.3) is 0 Å². The van der Waals surface area contributed by atoms with Gasteiger partial charge in [0, 0.05) is 18.0 Å². The smallest absolute Gasteiger partial charge is 0.239 e. The molecule has 0 unspecified atom stereocenters. The standard InChI is InChI=1S/C23H18FN3O2/c1-15-2-4-16(5-3-15)14-20(28)26-23-21(17-10-12-25-13-11-17)22(27-29-23)18-6-8-19(24)9-7-18/h2-13H,14H2,1H3,(H,26,28). The van der Waals surface area contributed by atoms with Crippen molar-refractivity contribution in [2.45, 2.75) is 13.3 Å². The summed E-state index contributed by atoms with van der Waals surface area (Å²) in [7, 11) is 0. The quantitative estimate of drug-likeness (QED) is 0.521. The predicted molar refractivity (Wildman–Crippen MR) is 109 cm³/mol. The number of aryl methyl sites for hydroxylation is 1. The van der Waals surface area contributed by atoms with Crippen molar-refractivity contribution in [2.24, 2.45) is 0 Å². The summed E-state index contributed by atoms with van der Waals surface area (Å²) in [5, 5.41) is 6.94. The zero-order valence-corrected chi connectivity index (χ0v) is 15.7. The Hall–Kier alpha value is -3.80. The van der Waals surface area contributed by atoms with E-state index in [4.69, 9.17) is 4.52 Å². The third-order valence-corrected chi connectivity index (χ3v) is 4.52. The van der Waals surface area contributed by atoms with Crippen LogP contribution >= 0.6 is 0 Å². The van der Waals surface area contributed by atoms with Crippen LogP contribution in [-0.2, 0) is 11.2 Å². The number of nitrogens with one attached hydrogen (secondary N) is 1. The molecule has 0 aliphatic carbocycles. The molecule has 0 bridgehead atoms. The zero-order valence-electron chi connectivity index (χ0n) is 15.7. The first-order valence-corrected chi connectivity index (χ1v) is 9.11. The van der Waals surface area contributed by atoms with E-state index in [1.54, 1.807) is 36.7 Å². The van der Waals surface area contributed by atoms with Crippen molar-refractivity contribution in [2.75, 3.05) is 5.32 Å². The van der Waals surface area contributed by atoms with E-state index in [0.717, 1.165) is 16.7 Å². The molecule has 1 N–H and O–H groups in total. The summed E-state index contributed by atoms with van der Waals surface area (Å²) in [5.41, 5.74) is 4.63. The van der Waals surface area contributed by atoms with Crippen molar-refractivity contribution in [3.05, 3.63) is 90.0 Å². The van der Waals surface area contributed by atoms with Crippen LogP contribution in [0.5, 0.6) is 0 Å². The van der Waals surface area contributed by atoms with E-state index in [2.05, 4.69) is 15.5 Å². The summed E-state index contributed by atoms with van der Waals surface area (Å²) in [5.74, 6) is -0.312. The molecule has 2 heterocycles. The maximum Gasteiger partial charge on any atom is 0.239 e. The van der Waals surface area contributed by atoms with Gasteiger partial charge in [0.15, 0.2) is 0 Å². The molecule has 6 heteroatoms. The second-order valence-corrected chi connectivity index (χ2v) is 6.69. The van der Waals surface area contributed by atoms with E-state index in [0.29, 0.717) is 16.8 Å². The lowest BCUT2D eigenvalue weighted by Gasteiger charge is -2.07. The topological polar surface area (TPSA) is 68.0 Å². The highest BCUT2D eigenvalue weighted by Gasteiger charge is 2.21. The first-order valence-electron chi connectivity index (χ1n) is 9.11. The number of hydrogen-bond donors (Lipinski definition) is 1. The second kappa shape index (κ2) is 8.06. The number of rotatable bonds is 5. The number of pyridine rings is 1. The summed E-state index contributed by atoms with van der Waals surface area (Å²) in [6.45, 7) is 2.00. The van der Waals surface area contributed by atoms with Crippen LogP contribution in [0.4, 0.5) is 10.3 Å². The number of amides is 1. The van der Waals surface area contributed by atoms with Gasteiger partial charge in [0.2, 0.25) is 11.8 Å². The molecule has 4 aromatic rings. The van der Waals surface area contributed by atoms with Crippen molar-refractivity contribution >= 4 is 11.8 Å². The van der Waals surface area contributed by atoms with E-state index in [-0.39, 0.29) is 24.0 Å². The lowest BCUT2D eigenvalue weighted by Crippen LogP contribution is -2.14. The highest BCUT2D eigenvalue weighted by Crippen LogP contribution is 2.37. The molecule has 0 saturated carbocycles. The Bertz CT molecular complexity index is 1120. The van der Waals surface area contributed by atoms with Gasteiger partial charge in [0.05, 0.1) is 12.0 Å². The van der Waals surface area contributed by atoms with E-state index in [1.165, 1.54) is 12.1 Å². The first-order chi connectivity index (χ1) is 14.1. The summed E-state index contributed by atoms with van der Waals surface area (Å²) in [6, 6.07) is 17.3. The first kappa shape index (κ1) is 18.6. The fraction of sp³-hybridized carbons (Fsp3) is 0.0870. The molecule has 0 atom stereocenters. The van der Waals surface area contributed by atoms with Crippen molar-refractivity contribution in [1.29, 1.82) is 0 Å². The Morgan fingerprint density at radius 2 is 1.66 bits per heavy atom. The van der Waals surface area contributed by atoms with Crippen molar-refractivity contribution in [3.63, 3.8) is 0 Å². The minimum atomic E-state index is -0.339. The molecule has 144 valence electrons. The van der Waals surface area contributed by atoms with Crippen LogP contribution in [-0.4, -0.2) is 16.0 Å². The van der Waals surface area contributed by atoms with Crippen LogP contribution < -0.4 is 5.32 Å². The molecule has 0 spiro atoms. The van der Waals surface area contributed by atoms with Gasteiger partial charge in [-0.25, -0.2) is 4.39 Å². The van der Waals surface area contributed by atoms with Gasteiger partial charge in [-0.15, -0.1) is 0 Å². The molecule has 2 aromatic carbocycles. The van der Waals surface area contributed by atoms with Crippen LogP contribution in [0.25, 0.3) is 22.4 Å². The van der Waals surface area contributed by atoms with E-state index >= 15 is 0 Å². The van der Waals surface area contributed by atoms with Gasteiger partial charge >= 0.3 is 0 Å². The molecular weight excluding hydrogens is 369 g/mol. The molecule has 0 fully saturated rings. The van der Waals surface area contributed by atoms with Gasteiger partial charge in [-0.1, -0.05) is 35.0 Å². The predicted octanol–water partition coefficient (Wildman–Crippen LogP) is 5.03. The molecule has 29 heavy (non-hydrogen) atoms. The van der Waals surface area contributed by atoms with Crippen LogP contribution in [0.3, 0.4) is 0 Å². The minimum Gasteiger partial charge on any atom is -0.337 e. The number of aromatic nitrogens is 2. The fourth-order valence-electron chi connectivity index (χ4n) is 3.03.